The molecule has 5 nitrogen and oxygen atoms in total. The molecule has 106 valence electrons. The van der Waals surface area contributed by atoms with Crippen molar-refractivity contribution in [2.24, 2.45) is 0 Å². The van der Waals surface area contributed by atoms with Crippen LogP contribution in [0, 0.1) is 0 Å². The fraction of sp³-hybridized carbons (Fsp3) is 0.222. The van der Waals surface area contributed by atoms with Crippen LogP contribution in [0.3, 0.4) is 0 Å². The Morgan fingerprint density at radius 3 is 2.37 bits per heavy atom. The summed E-state index contributed by atoms with van der Waals surface area (Å²) in [5, 5.41) is 5.91. The van der Waals surface area contributed by atoms with Crippen molar-refractivity contribution < 1.29 is 31.5 Å². The number of nitrogens with one attached hydrogen (secondary N) is 1. The van der Waals surface area contributed by atoms with Gasteiger partial charge in [0.1, 0.15) is 0 Å². The van der Waals surface area contributed by atoms with Gasteiger partial charge in [-0.05, 0) is 18.2 Å². The van der Waals surface area contributed by atoms with Gasteiger partial charge in [-0.2, -0.15) is 13.2 Å². The fourth-order valence-corrected chi connectivity index (χ4v) is 2.92. The van der Waals surface area contributed by atoms with Crippen LogP contribution in [-0.4, -0.2) is 31.2 Å². The first-order valence-corrected chi connectivity index (χ1v) is 6.53. The molecule has 0 spiro atoms. The van der Waals surface area contributed by atoms with Crippen LogP contribution in [0.2, 0.25) is 5.02 Å². The summed E-state index contributed by atoms with van der Waals surface area (Å²) < 4.78 is 61.4. The van der Waals surface area contributed by atoms with Gasteiger partial charge in [0.25, 0.3) is 0 Å². The molecule has 1 rings (SSSR count). The summed E-state index contributed by atoms with van der Waals surface area (Å²) in [6, 6.07) is 4.11. The monoisotopic (exact) mass is 317 g/mol. The van der Waals surface area contributed by atoms with Crippen molar-refractivity contribution >= 4 is 27.5 Å². The summed E-state index contributed by atoms with van der Waals surface area (Å²) in [7, 11) is -4.98. The first-order valence-electron chi connectivity index (χ1n) is 4.61. The number of hydrogen-bond donors (Lipinski definition) is 2. The molecule has 0 aliphatic heterocycles. The molecule has 0 fully saturated rings. The lowest BCUT2D eigenvalue weighted by molar-refractivity contribution is -0.134. The maximum Gasteiger partial charge on any atom is 0.423 e. The Hall–Kier alpha value is -1.48. The lowest BCUT2D eigenvalue weighted by Crippen LogP contribution is -2.50. The predicted octanol–water partition coefficient (Wildman–Crippen LogP) is 2.27. The summed E-state index contributed by atoms with van der Waals surface area (Å²) in [4.78, 5) is 9.57. The number of hydrogen-bond acceptors (Lipinski definition) is 3. The van der Waals surface area contributed by atoms with Crippen LogP contribution in [0.4, 0.5) is 18.0 Å². The number of alkyl halides is 3. The van der Waals surface area contributed by atoms with E-state index in [4.69, 9.17) is 16.7 Å². The molecule has 0 saturated heterocycles. The highest BCUT2D eigenvalue weighted by atomic mass is 35.5. The van der Waals surface area contributed by atoms with E-state index < -0.39 is 32.4 Å². The Morgan fingerprint density at radius 2 is 1.95 bits per heavy atom. The molecule has 0 bridgehead atoms. The smallest absolute Gasteiger partial charge is 0.423 e. The average Bonchev–Trinajstić information content (AvgIpc) is 2.24. The second-order valence-corrected chi connectivity index (χ2v) is 5.84. The zero-order chi connectivity index (χ0) is 14.8. The molecule has 1 atom stereocenters. The third kappa shape index (κ3) is 3.74. The van der Waals surface area contributed by atoms with Gasteiger partial charge in [0, 0.05) is 5.02 Å². The van der Waals surface area contributed by atoms with E-state index in [-0.39, 0.29) is 5.02 Å². The highest BCUT2D eigenvalue weighted by molar-refractivity contribution is 7.92. The molecule has 0 saturated carbocycles. The number of amides is 1. The van der Waals surface area contributed by atoms with Crippen LogP contribution < -0.4 is 5.32 Å². The Labute approximate surface area is 110 Å². The lowest BCUT2D eigenvalue weighted by Gasteiger charge is -2.20. The average molecular weight is 318 g/mol. The molecule has 0 radical (unpaired) electrons. The van der Waals surface area contributed by atoms with Gasteiger partial charge in [-0.1, -0.05) is 17.7 Å². The number of benzene rings is 1. The molecule has 0 heterocycles. The van der Waals surface area contributed by atoms with Crippen molar-refractivity contribution in [1.29, 1.82) is 0 Å². The van der Waals surface area contributed by atoms with Crippen LogP contribution in [0.1, 0.15) is 0 Å². The Morgan fingerprint density at radius 1 is 1.37 bits per heavy atom. The van der Waals surface area contributed by atoms with Crippen LogP contribution in [0.15, 0.2) is 29.2 Å². The molecule has 0 aliphatic rings. The minimum Gasteiger partial charge on any atom is -0.465 e. The summed E-state index contributed by atoms with van der Waals surface area (Å²) in [6.45, 7) is 0. The van der Waals surface area contributed by atoms with E-state index in [0.717, 1.165) is 23.5 Å². The highest BCUT2D eigenvalue weighted by Crippen LogP contribution is 2.29. The van der Waals surface area contributed by atoms with Crippen LogP contribution in [0.25, 0.3) is 0 Å². The minimum absolute atomic E-state index is 0.0858. The number of rotatable bonds is 3. The van der Waals surface area contributed by atoms with E-state index in [2.05, 4.69) is 0 Å². The molecule has 1 amide bonds. The molecule has 0 aliphatic carbocycles. The van der Waals surface area contributed by atoms with Crippen LogP contribution in [-0.2, 0) is 9.84 Å². The Balaban J connectivity index is 3.32. The van der Waals surface area contributed by atoms with Gasteiger partial charge < -0.3 is 5.11 Å². The molecule has 0 aromatic heterocycles. The molecular formula is C9H7ClF3NO4S. The fourth-order valence-electron chi connectivity index (χ4n) is 1.23. The third-order valence-electron chi connectivity index (χ3n) is 1.99. The van der Waals surface area contributed by atoms with Crippen molar-refractivity contribution in [1.82, 2.24) is 5.32 Å². The maximum absolute atomic E-state index is 12.6. The summed E-state index contributed by atoms with van der Waals surface area (Å²) >= 11 is 5.49. The first-order chi connectivity index (χ1) is 8.55. The summed E-state index contributed by atoms with van der Waals surface area (Å²) in [6.07, 6.45) is -7.40. The van der Waals surface area contributed by atoms with Crippen molar-refractivity contribution in [3.05, 3.63) is 29.3 Å². The Bertz CT molecular complexity index is 587. The quantitative estimate of drug-likeness (QED) is 0.895. The van der Waals surface area contributed by atoms with Crippen molar-refractivity contribution in [3.8, 4) is 0 Å². The predicted molar refractivity (Wildman–Crippen MR) is 59.6 cm³/mol. The van der Waals surface area contributed by atoms with E-state index >= 15 is 0 Å². The number of sulfone groups is 1. The molecule has 10 heteroatoms. The van der Waals surface area contributed by atoms with Gasteiger partial charge in [-0.3, -0.25) is 5.32 Å². The normalized spacial score (nSPS) is 13.9. The van der Waals surface area contributed by atoms with Crippen LogP contribution in [0.5, 0.6) is 0 Å². The van der Waals surface area contributed by atoms with E-state index in [9.17, 15) is 26.4 Å². The summed E-state index contributed by atoms with van der Waals surface area (Å²) in [5.74, 6) is 0. The zero-order valence-electron chi connectivity index (χ0n) is 8.98. The van der Waals surface area contributed by atoms with Gasteiger partial charge in [0.2, 0.25) is 15.2 Å². The van der Waals surface area contributed by atoms with Crippen molar-refractivity contribution in [2.45, 2.75) is 16.4 Å². The first kappa shape index (κ1) is 15.6. The third-order valence-corrected chi connectivity index (χ3v) is 4.14. The number of carboxylic acid groups (broad SMARTS) is 1. The lowest BCUT2D eigenvalue weighted by atomic mass is 10.4. The van der Waals surface area contributed by atoms with E-state index in [0.29, 0.717) is 0 Å². The topological polar surface area (TPSA) is 83.5 Å². The SMILES string of the molecule is O=C(O)NC(C(F)(F)F)S(=O)(=O)c1cccc(Cl)c1. The number of carbonyl (C=O) groups is 1. The van der Waals surface area contributed by atoms with Gasteiger partial charge in [-0.25, -0.2) is 13.2 Å². The second kappa shape index (κ2) is 5.25. The maximum atomic E-state index is 12.6. The van der Waals surface area contributed by atoms with Gasteiger partial charge >= 0.3 is 12.3 Å². The molecule has 1 aromatic carbocycles. The minimum atomic E-state index is -5.29. The van der Waals surface area contributed by atoms with Crippen molar-refractivity contribution in [2.75, 3.05) is 0 Å². The Kier molecular flexibility index (Phi) is 4.31. The molecule has 2 N–H and O–H groups in total. The molecule has 1 unspecified atom stereocenters. The van der Waals surface area contributed by atoms with Gasteiger partial charge in [-0.15, -0.1) is 0 Å². The van der Waals surface area contributed by atoms with Crippen LogP contribution >= 0.6 is 11.6 Å². The van der Waals surface area contributed by atoms with Crippen molar-refractivity contribution in [3.63, 3.8) is 0 Å². The van der Waals surface area contributed by atoms with Gasteiger partial charge in [0.15, 0.2) is 0 Å². The highest BCUT2D eigenvalue weighted by Gasteiger charge is 2.50. The number of halogens is 4. The zero-order valence-corrected chi connectivity index (χ0v) is 10.6. The van der Waals surface area contributed by atoms with E-state index in [1.165, 1.54) is 6.07 Å². The largest absolute Gasteiger partial charge is 0.465 e. The molecule has 1 aromatic rings. The second-order valence-electron chi connectivity index (χ2n) is 3.37. The van der Waals surface area contributed by atoms with E-state index in [1.807, 2.05) is 0 Å². The summed E-state index contributed by atoms with van der Waals surface area (Å²) in [5.41, 5.74) is 0. The van der Waals surface area contributed by atoms with E-state index in [1.54, 1.807) is 0 Å². The molecule has 19 heavy (non-hydrogen) atoms. The standard InChI is InChI=1S/C9H7ClF3NO4S/c10-5-2-1-3-6(4-5)19(17,18)7(9(11,12)13)14-8(15)16/h1-4,7,14H,(H,15,16). The molecular weight excluding hydrogens is 311 g/mol. The van der Waals surface area contributed by atoms with Gasteiger partial charge in [0.05, 0.1) is 4.90 Å².